The second-order valence-electron chi connectivity index (χ2n) is 27.1. The van der Waals surface area contributed by atoms with Crippen molar-refractivity contribution in [2.75, 3.05) is 88.5 Å². The van der Waals surface area contributed by atoms with Crippen LogP contribution in [0.25, 0.3) is 0 Å². The summed E-state index contributed by atoms with van der Waals surface area (Å²) in [7, 11) is 10.5. The summed E-state index contributed by atoms with van der Waals surface area (Å²) < 4.78 is 50.3. The number of aliphatic hydroxyl groups excluding tert-OH is 15. The van der Waals surface area contributed by atoms with E-state index in [1.807, 2.05) is 42.0 Å². The molecule has 4 saturated heterocycles. The molecule has 29 nitrogen and oxygen atoms in total. The number of methoxy groups -OCH3 is 1. The highest BCUT2D eigenvalue weighted by Gasteiger charge is 2.53. The Morgan fingerprint density at radius 2 is 0.700 bits per heavy atom. The first-order chi connectivity index (χ1) is 47.9. The van der Waals surface area contributed by atoms with Crippen LogP contribution in [0, 0.1) is 0 Å². The van der Waals surface area contributed by atoms with E-state index in [0.717, 1.165) is 155 Å². The van der Waals surface area contributed by atoms with Crippen LogP contribution in [0.15, 0.2) is 24.3 Å². The number of nitrogens with two attached hydrogens (primary N) is 1. The Labute approximate surface area is 595 Å². The SMILES string of the molecule is CC(CCCCCC/C=C\CCCCCCCC(=O)CCCN(C)C)OC1OC(CO)C(O)C(O)C1OC1OC(CO)C(O)C(O)C1O.CN(C)CCN.CO.COC(=O)CCCCCCC/C=C\CCCCCCC(C)OC1OC(CO)C(O)C(O)C1OC1OC(CO)C(O)C(O)C1O. The van der Waals surface area contributed by atoms with Gasteiger partial charge in [-0.2, -0.15) is 0 Å². The molecule has 0 aromatic carbocycles. The number of ketones is 1. The van der Waals surface area contributed by atoms with Crippen molar-refractivity contribution in [3.05, 3.63) is 24.3 Å². The van der Waals surface area contributed by atoms with Gasteiger partial charge >= 0.3 is 5.97 Å². The highest BCUT2D eigenvalue weighted by Crippen LogP contribution is 2.33. The number of hydrogen-bond acceptors (Lipinski definition) is 29. The third-order valence-electron chi connectivity index (χ3n) is 17.9. The number of carbonyl (C=O) groups is 2. The van der Waals surface area contributed by atoms with Gasteiger partial charge in [0.25, 0.3) is 0 Å². The van der Waals surface area contributed by atoms with E-state index in [2.05, 4.69) is 38.8 Å². The molecule has 0 spiro atoms. The van der Waals surface area contributed by atoms with Crippen LogP contribution in [0.2, 0.25) is 0 Å². The predicted octanol–water partition coefficient (Wildman–Crippen LogP) is 1.49. The zero-order valence-electron chi connectivity index (χ0n) is 61.4. The van der Waals surface area contributed by atoms with Crippen LogP contribution in [0.3, 0.4) is 0 Å². The Bertz CT molecular complexity index is 2040. The van der Waals surface area contributed by atoms with E-state index >= 15 is 0 Å². The summed E-state index contributed by atoms with van der Waals surface area (Å²) in [5.41, 5.74) is 5.19. The number of nitrogens with zero attached hydrogens (tertiary/aromatic N) is 2. The maximum absolute atomic E-state index is 11.9. The van der Waals surface area contributed by atoms with E-state index in [-0.39, 0.29) is 18.2 Å². The molecule has 0 aromatic rings. The lowest BCUT2D eigenvalue weighted by Crippen LogP contribution is -2.64. The minimum atomic E-state index is -1.71. The molecule has 29 heteroatoms. The number of rotatable bonds is 48. The quantitative estimate of drug-likeness (QED) is 0.0233. The first kappa shape index (κ1) is 95.6. The van der Waals surface area contributed by atoms with Gasteiger partial charge in [-0.25, -0.2) is 0 Å². The van der Waals surface area contributed by atoms with Crippen LogP contribution in [0.4, 0.5) is 0 Å². The molecule has 4 aliphatic rings. The zero-order chi connectivity index (χ0) is 75.0. The number of ether oxygens (including phenoxy) is 9. The molecule has 0 aliphatic carbocycles. The van der Waals surface area contributed by atoms with Gasteiger partial charge < -0.3 is 135 Å². The Morgan fingerprint density at radius 1 is 0.400 bits per heavy atom. The first-order valence-corrected chi connectivity index (χ1v) is 36.7. The molecule has 22 unspecified atom stereocenters. The summed E-state index contributed by atoms with van der Waals surface area (Å²) in [6.45, 7) is 3.93. The molecule has 22 atom stereocenters. The van der Waals surface area contributed by atoms with Crippen LogP contribution < -0.4 is 5.73 Å². The lowest BCUT2D eigenvalue weighted by Gasteiger charge is -2.46. The van der Waals surface area contributed by atoms with E-state index in [1.54, 1.807) is 0 Å². The fourth-order valence-corrected chi connectivity index (χ4v) is 11.7. The minimum absolute atomic E-state index is 0.139. The van der Waals surface area contributed by atoms with E-state index in [4.69, 9.17) is 48.7 Å². The highest BCUT2D eigenvalue weighted by atomic mass is 16.8. The summed E-state index contributed by atoms with van der Waals surface area (Å²) in [5, 5.41) is 149. The minimum Gasteiger partial charge on any atom is -0.469 e. The number of carbonyl (C=O) groups excluding carboxylic acids is 2. The fraction of sp³-hybridized carbons (Fsp3) is 0.915. The molecule has 0 saturated carbocycles. The van der Waals surface area contributed by atoms with Crippen molar-refractivity contribution in [1.82, 2.24) is 9.80 Å². The van der Waals surface area contributed by atoms with Crippen molar-refractivity contribution in [2.24, 2.45) is 5.73 Å². The average molecular weight is 1450 g/mol. The molecular weight excluding hydrogens is 1310 g/mol. The third-order valence-corrected chi connectivity index (χ3v) is 17.9. The molecule has 592 valence electrons. The molecule has 0 amide bonds. The van der Waals surface area contributed by atoms with Crippen LogP contribution in [-0.2, 0) is 52.2 Å². The maximum atomic E-state index is 11.9. The largest absolute Gasteiger partial charge is 0.469 e. The van der Waals surface area contributed by atoms with Gasteiger partial charge in [0, 0.05) is 39.5 Å². The fourth-order valence-electron chi connectivity index (χ4n) is 11.7. The van der Waals surface area contributed by atoms with Gasteiger partial charge in [0.2, 0.25) is 0 Å². The van der Waals surface area contributed by atoms with Crippen molar-refractivity contribution >= 4 is 11.8 Å². The predicted molar refractivity (Wildman–Crippen MR) is 373 cm³/mol. The highest BCUT2D eigenvalue weighted by molar-refractivity contribution is 5.78. The molecule has 4 rings (SSSR count). The standard InChI is InChI=1S/C35H65NO12.C31H56O13.C4H12N2.CH4O/c1-24(18-15-13-11-9-7-5-4-6-8-10-12-14-16-19-25(39)20-17-21-36(2)3)45-35-33(31(43)29(41)27(23-38)47-35)48-34-32(44)30(42)28(40)26(22-37)46-34;1-20(16-14-12-10-8-6-4-3-5-7-9-11-13-15-17-23(34)40-2)41-31-29(27(38)25(36)22(19-33)43-31)44-30-28(39)26(37)24(35)21(18-32)42-30;1-6(2)4-3-5;1-2/h4-5,24,26-35,37-38,40-44H,6-23H2,1-3H3;3-4,20-22,24-33,35-39H,5-19H2,1-2H3;3-5H2,1-2H3;2H,1H3/b5-4-;4-3-;;. The lowest BCUT2D eigenvalue weighted by molar-refractivity contribution is -0.371. The topological polar surface area (TPSA) is 453 Å². The summed E-state index contributed by atoms with van der Waals surface area (Å²) in [6.07, 6.45) is 6.83. The summed E-state index contributed by atoms with van der Waals surface area (Å²) in [4.78, 5) is 27.2. The van der Waals surface area contributed by atoms with Crippen molar-refractivity contribution in [3.8, 4) is 0 Å². The Hall–Kier alpha value is -2.42. The Morgan fingerprint density at radius 3 is 1.02 bits per heavy atom. The summed E-state index contributed by atoms with van der Waals surface area (Å²) >= 11 is 0. The summed E-state index contributed by atoms with van der Waals surface area (Å²) in [6, 6.07) is 0. The summed E-state index contributed by atoms with van der Waals surface area (Å²) in [5.74, 6) is 0.257. The molecule has 17 N–H and O–H groups in total. The van der Waals surface area contributed by atoms with Gasteiger partial charge in [0.15, 0.2) is 25.2 Å². The van der Waals surface area contributed by atoms with Crippen LogP contribution in [-0.4, -0.2) is 322 Å². The number of likely N-dealkylation sites (N-methyl/N-ethyl adjacent to an activating group) is 1. The van der Waals surface area contributed by atoms with Crippen LogP contribution in [0.5, 0.6) is 0 Å². The van der Waals surface area contributed by atoms with Gasteiger partial charge in [-0.05, 0) is 132 Å². The molecule has 100 heavy (non-hydrogen) atoms. The zero-order valence-corrected chi connectivity index (χ0v) is 61.4. The molecule has 0 radical (unpaired) electrons. The molecular formula is C71H137N3O26. The van der Waals surface area contributed by atoms with Gasteiger partial charge in [0.05, 0.1) is 45.7 Å². The van der Waals surface area contributed by atoms with Gasteiger partial charge in [-0.15, -0.1) is 0 Å². The number of hydrogen-bond donors (Lipinski definition) is 16. The van der Waals surface area contributed by atoms with Crippen molar-refractivity contribution in [1.29, 1.82) is 0 Å². The van der Waals surface area contributed by atoms with Gasteiger partial charge in [0.1, 0.15) is 103 Å². The van der Waals surface area contributed by atoms with E-state index in [9.17, 15) is 81.1 Å². The third kappa shape index (κ3) is 38.7. The van der Waals surface area contributed by atoms with E-state index in [0.29, 0.717) is 31.5 Å². The van der Waals surface area contributed by atoms with Crippen molar-refractivity contribution in [2.45, 2.75) is 329 Å². The number of allylic oxidation sites excluding steroid dienone is 4. The molecule has 4 fully saturated rings. The second-order valence-corrected chi connectivity index (χ2v) is 27.1. The number of unbranched alkanes of at least 4 members (excludes halogenated alkanes) is 18. The van der Waals surface area contributed by atoms with E-state index < -0.39 is 149 Å². The normalized spacial score (nSPS) is 30.7. The van der Waals surface area contributed by atoms with Gasteiger partial charge in [-0.1, -0.05) is 101 Å². The number of esters is 1. The molecule has 0 aromatic heterocycles. The average Bonchev–Trinajstić information content (AvgIpc) is 0.800. The van der Waals surface area contributed by atoms with Crippen molar-refractivity contribution < 1.29 is 129 Å². The van der Waals surface area contributed by atoms with Gasteiger partial charge in [-0.3, -0.25) is 9.59 Å². The lowest BCUT2D eigenvalue weighted by atomic mass is 9.97. The van der Waals surface area contributed by atoms with Crippen LogP contribution in [0.1, 0.15) is 194 Å². The monoisotopic (exact) mass is 1450 g/mol. The number of aliphatic hydroxyl groups is 15. The molecule has 4 heterocycles. The second kappa shape index (κ2) is 57.8. The Balaban J connectivity index is 0.000000905. The first-order valence-electron chi connectivity index (χ1n) is 36.7. The number of Topliss-reactive ketones (excluding diaryl/α,β-unsaturated/α-hetero) is 1. The molecule has 0 bridgehead atoms. The van der Waals surface area contributed by atoms with Crippen molar-refractivity contribution in [3.63, 3.8) is 0 Å². The Kier molecular flexibility index (Phi) is 55.2. The maximum Gasteiger partial charge on any atom is 0.305 e. The molecule has 4 aliphatic heterocycles. The smallest absolute Gasteiger partial charge is 0.305 e. The van der Waals surface area contributed by atoms with Crippen LogP contribution >= 0.6 is 0 Å². The van der Waals surface area contributed by atoms with E-state index in [1.165, 1.54) is 32.8 Å².